The van der Waals surface area contributed by atoms with Gasteiger partial charge in [-0.05, 0) is 61.1 Å². The van der Waals surface area contributed by atoms with Gasteiger partial charge in [-0.3, -0.25) is 19.0 Å². The van der Waals surface area contributed by atoms with Crippen molar-refractivity contribution < 1.29 is 14.3 Å². The number of rotatable bonds is 6. The highest BCUT2D eigenvalue weighted by atomic mass is 16.5. The maximum absolute atomic E-state index is 13.6. The third kappa shape index (κ3) is 4.81. The van der Waals surface area contributed by atoms with E-state index in [1.165, 1.54) is 4.57 Å². The molecule has 2 aromatic carbocycles. The van der Waals surface area contributed by atoms with Crippen LogP contribution in [0.4, 0.5) is 0 Å². The van der Waals surface area contributed by atoms with E-state index in [0.29, 0.717) is 36.3 Å². The van der Waals surface area contributed by atoms with Crippen LogP contribution in [-0.4, -0.2) is 22.9 Å². The lowest BCUT2D eigenvalue weighted by atomic mass is 9.73. The van der Waals surface area contributed by atoms with Gasteiger partial charge in [0.25, 0.3) is 11.5 Å². The van der Waals surface area contributed by atoms with Gasteiger partial charge < -0.3 is 10.1 Å². The largest absolute Gasteiger partial charge is 0.494 e. The second kappa shape index (κ2) is 9.29. The number of aryl methyl sites for hydroxylation is 1. The Labute approximate surface area is 199 Å². The van der Waals surface area contributed by atoms with E-state index >= 15 is 0 Å². The fraction of sp³-hybridized carbons (Fsp3) is 0.321. The average Bonchev–Trinajstić information content (AvgIpc) is 2.78. The van der Waals surface area contributed by atoms with E-state index in [4.69, 9.17) is 4.74 Å². The Morgan fingerprint density at radius 2 is 1.71 bits per heavy atom. The topological polar surface area (TPSA) is 77.4 Å². The van der Waals surface area contributed by atoms with E-state index in [0.717, 1.165) is 16.9 Å². The summed E-state index contributed by atoms with van der Waals surface area (Å²) in [7, 11) is 0. The molecule has 1 N–H and O–H groups in total. The molecule has 176 valence electrons. The third-order valence-corrected chi connectivity index (χ3v) is 6.14. The second-order valence-corrected chi connectivity index (χ2v) is 9.61. The number of carbonyl (C=O) groups is 2. The van der Waals surface area contributed by atoms with Crippen molar-refractivity contribution in [1.29, 1.82) is 0 Å². The maximum atomic E-state index is 13.6. The Morgan fingerprint density at radius 1 is 1.03 bits per heavy atom. The Hall–Kier alpha value is -3.67. The number of pyridine rings is 1. The summed E-state index contributed by atoms with van der Waals surface area (Å²) in [6.45, 7) is 8.70. The van der Waals surface area contributed by atoms with Crippen LogP contribution in [0.15, 0.2) is 59.5 Å². The van der Waals surface area contributed by atoms with Crippen LogP contribution in [0.25, 0.3) is 5.69 Å². The molecule has 0 aliphatic heterocycles. The Kier molecular flexibility index (Phi) is 6.42. The molecule has 1 heterocycles. The van der Waals surface area contributed by atoms with Gasteiger partial charge in [0, 0.05) is 30.4 Å². The highest BCUT2D eigenvalue weighted by Gasteiger charge is 2.35. The van der Waals surface area contributed by atoms with Gasteiger partial charge in [-0.15, -0.1) is 0 Å². The first kappa shape index (κ1) is 23.5. The molecule has 0 unspecified atom stereocenters. The van der Waals surface area contributed by atoms with Gasteiger partial charge in [-0.2, -0.15) is 0 Å². The van der Waals surface area contributed by atoms with Crippen molar-refractivity contribution >= 4 is 11.7 Å². The number of hydrogen-bond donors (Lipinski definition) is 1. The van der Waals surface area contributed by atoms with Crippen molar-refractivity contribution in [2.45, 2.75) is 47.1 Å². The molecule has 1 aliphatic carbocycles. The van der Waals surface area contributed by atoms with Crippen molar-refractivity contribution in [3.05, 3.63) is 92.9 Å². The first-order chi connectivity index (χ1) is 16.2. The maximum Gasteiger partial charge on any atom is 0.268 e. The lowest BCUT2D eigenvalue weighted by Gasteiger charge is -2.31. The van der Waals surface area contributed by atoms with Crippen LogP contribution in [0, 0.1) is 12.3 Å². The number of ether oxygens (including phenoxy) is 1. The number of carbonyl (C=O) groups excluding carboxylic acids is 2. The summed E-state index contributed by atoms with van der Waals surface area (Å²) < 4.78 is 6.88. The van der Waals surface area contributed by atoms with E-state index < -0.39 is 11.5 Å². The van der Waals surface area contributed by atoms with Crippen LogP contribution >= 0.6 is 0 Å². The summed E-state index contributed by atoms with van der Waals surface area (Å²) in [6.07, 6.45) is 2.46. The number of hydrogen-bond acceptors (Lipinski definition) is 4. The molecule has 0 bridgehead atoms. The summed E-state index contributed by atoms with van der Waals surface area (Å²) in [5.41, 5.74) is 2.86. The zero-order valence-electron chi connectivity index (χ0n) is 20.1. The molecule has 1 aromatic heterocycles. The summed E-state index contributed by atoms with van der Waals surface area (Å²) in [6, 6.07) is 14.9. The van der Waals surface area contributed by atoms with Crippen LogP contribution < -0.4 is 15.6 Å². The molecule has 0 atom stereocenters. The Balaban J connectivity index is 1.73. The molecule has 1 aliphatic rings. The Morgan fingerprint density at radius 3 is 2.35 bits per heavy atom. The predicted octanol–water partition coefficient (Wildman–Crippen LogP) is 4.63. The van der Waals surface area contributed by atoms with Gasteiger partial charge >= 0.3 is 0 Å². The first-order valence-corrected chi connectivity index (χ1v) is 11.6. The lowest BCUT2D eigenvalue weighted by Crippen LogP contribution is -2.38. The van der Waals surface area contributed by atoms with Crippen molar-refractivity contribution in [2.24, 2.45) is 5.41 Å². The normalized spacial score (nSPS) is 14.4. The smallest absolute Gasteiger partial charge is 0.268 e. The minimum atomic E-state index is -0.470. The van der Waals surface area contributed by atoms with Crippen LogP contribution in [-0.2, 0) is 13.0 Å². The first-order valence-electron chi connectivity index (χ1n) is 11.6. The number of aromatic nitrogens is 1. The molecule has 0 fully saturated rings. The van der Waals surface area contributed by atoms with Gasteiger partial charge in [0.05, 0.1) is 6.61 Å². The van der Waals surface area contributed by atoms with Crippen LogP contribution in [0.3, 0.4) is 0 Å². The Bertz CT molecular complexity index is 1290. The third-order valence-electron chi connectivity index (χ3n) is 6.14. The second-order valence-electron chi connectivity index (χ2n) is 9.61. The van der Waals surface area contributed by atoms with E-state index in [9.17, 15) is 14.4 Å². The van der Waals surface area contributed by atoms with Crippen molar-refractivity contribution in [2.75, 3.05) is 6.61 Å². The molecule has 0 saturated carbocycles. The molecular formula is C28H30N2O4. The van der Waals surface area contributed by atoms with Crippen molar-refractivity contribution in [1.82, 2.24) is 9.88 Å². The van der Waals surface area contributed by atoms with Gasteiger partial charge in [0.2, 0.25) is 0 Å². The number of fused-ring (bicyclic) bond motifs is 1. The lowest BCUT2D eigenvalue weighted by molar-refractivity contribution is 0.0909. The molecule has 6 nitrogen and oxygen atoms in total. The van der Waals surface area contributed by atoms with Crippen LogP contribution in [0.1, 0.15) is 64.6 Å². The van der Waals surface area contributed by atoms with Crippen molar-refractivity contribution in [3.8, 4) is 11.4 Å². The van der Waals surface area contributed by atoms with Crippen molar-refractivity contribution in [3.63, 3.8) is 0 Å². The zero-order chi connectivity index (χ0) is 24.5. The van der Waals surface area contributed by atoms with Gasteiger partial charge in [0.1, 0.15) is 11.3 Å². The van der Waals surface area contributed by atoms with E-state index in [-0.39, 0.29) is 23.3 Å². The molecule has 1 amide bonds. The van der Waals surface area contributed by atoms with Gasteiger partial charge in [0.15, 0.2) is 5.78 Å². The highest BCUT2D eigenvalue weighted by Crippen LogP contribution is 2.35. The minimum Gasteiger partial charge on any atom is -0.494 e. The van der Waals surface area contributed by atoms with Crippen LogP contribution in [0.5, 0.6) is 5.75 Å². The number of amides is 1. The number of nitrogens with one attached hydrogen (secondary N) is 1. The monoisotopic (exact) mass is 458 g/mol. The fourth-order valence-electron chi connectivity index (χ4n) is 4.42. The van der Waals surface area contributed by atoms with Crippen LogP contribution in [0.2, 0.25) is 0 Å². The molecule has 4 rings (SSSR count). The van der Waals surface area contributed by atoms with E-state index in [2.05, 4.69) is 5.32 Å². The summed E-state index contributed by atoms with van der Waals surface area (Å²) in [4.78, 5) is 40.0. The molecule has 6 heteroatoms. The standard InChI is InChI=1S/C28H30N2O4/c1-5-34-21-12-8-19(9-13-21)16-29-26(32)25-22-14-28(3,4)15-24(31)23(22)17-30(27(25)33)20-10-6-18(2)7-11-20/h6-13,17H,5,14-16H2,1-4H3,(H,29,32). The fourth-order valence-corrected chi connectivity index (χ4v) is 4.42. The summed E-state index contributed by atoms with van der Waals surface area (Å²) >= 11 is 0. The molecule has 0 radical (unpaired) electrons. The molecule has 3 aromatic rings. The van der Waals surface area contributed by atoms with E-state index in [1.807, 2.05) is 76.2 Å². The molecule has 34 heavy (non-hydrogen) atoms. The minimum absolute atomic E-state index is 0.0464. The van der Waals surface area contributed by atoms with E-state index in [1.54, 1.807) is 6.20 Å². The summed E-state index contributed by atoms with van der Waals surface area (Å²) in [5.74, 6) is 0.242. The zero-order valence-corrected chi connectivity index (χ0v) is 20.1. The number of Topliss-reactive ketones (excluding diaryl/α,β-unsaturated/α-hetero) is 1. The quantitative estimate of drug-likeness (QED) is 0.584. The van der Waals surface area contributed by atoms with Gasteiger partial charge in [-0.1, -0.05) is 43.7 Å². The number of benzene rings is 2. The molecular weight excluding hydrogens is 428 g/mol. The average molecular weight is 459 g/mol. The predicted molar refractivity (Wildman–Crippen MR) is 132 cm³/mol. The van der Waals surface area contributed by atoms with Gasteiger partial charge in [-0.25, -0.2) is 0 Å². The SMILES string of the molecule is CCOc1ccc(CNC(=O)c2c3c(cn(-c4ccc(C)cc4)c2=O)C(=O)CC(C)(C)C3)cc1. The number of ketones is 1. The molecule has 0 spiro atoms. The molecule has 0 saturated heterocycles. The highest BCUT2D eigenvalue weighted by molar-refractivity contribution is 6.04. The summed E-state index contributed by atoms with van der Waals surface area (Å²) in [5, 5.41) is 2.88. The number of nitrogens with zero attached hydrogens (tertiary/aromatic N) is 1.